The van der Waals surface area contributed by atoms with Crippen molar-refractivity contribution in [2.24, 2.45) is 0 Å². The molecule has 0 unspecified atom stereocenters. The Morgan fingerprint density at radius 1 is 1.00 bits per heavy atom. The van der Waals surface area contributed by atoms with Crippen molar-refractivity contribution in [3.8, 4) is 11.5 Å². The topological polar surface area (TPSA) is 76.7 Å². The lowest BCUT2D eigenvalue weighted by molar-refractivity contribution is -0.136. The summed E-state index contributed by atoms with van der Waals surface area (Å²) >= 11 is 0. The first-order chi connectivity index (χ1) is 12.0. The van der Waals surface area contributed by atoms with Gasteiger partial charge in [0.15, 0.2) is 11.5 Å². The summed E-state index contributed by atoms with van der Waals surface area (Å²) < 4.78 is 36.9. The number of halogens is 2. The van der Waals surface area contributed by atoms with Crippen LogP contribution in [0.3, 0.4) is 0 Å². The molecule has 6 nitrogen and oxygen atoms in total. The smallest absolute Gasteiger partial charge is 0.313 e. The van der Waals surface area contributed by atoms with Gasteiger partial charge in [-0.2, -0.15) is 0 Å². The molecule has 2 aromatic carbocycles. The number of carbonyl (C=O) groups is 2. The van der Waals surface area contributed by atoms with Gasteiger partial charge in [0.25, 0.3) is 0 Å². The fourth-order valence-corrected chi connectivity index (χ4v) is 2.27. The largest absolute Gasteiger partial charge is 0.454 e. The molecule has 0 atom stereocenters. The van der Waals surface area contributed by atoms with Crippen molar-refractivity contribution in [3.63, 3.8) is 0 Å². The number of hydrogen-bond donors (Lipinski definition) is 2. The minimum Gasteiger partial charge on any atom is -0.454 e. The lowest BCUT2D eigenvalue weighted by atomic mass is 10.1. The molecular formula is C17H14F2N2O4. The zero-order valence-electron chi connectivity index (χ0n) is 13.0. The first kappa shape index (κ1) is 16.7. The highest BCUT2D eigenvalue weighted by molar-refractivity contribution is 6.39. The number of fused-ring (bicyclic) bond motifs is 1. The molecule has 130 valence electrons. The van der Waals surface area contributed by atoms with Crippen LogP contribution < -0.4 is 20.1 Å². The van der Waals surface area contributed by atoms with Crippen molar-refractivity contribution >= 4 is 17.5 Å². The maximum Gasteiger partial charge on any atom is 0.313 e. The summed E-state index contributed by atoms with van der Waals surface area (Å²) in [5.41, 5.74) is 0.497. The van der Waals surface area contributed by atoms with Crippen LogP contribution in [-0.2, 0) is 16.0 Å². The molecule has 1 aliphatic rings. The van der Waals surface area contributed by atoms with E-state index in [0.29, 0.717) is 17.9 Å². The third kappa shape index (κ3) is 4.03. The highest BCUT2D eigenvalue weighted by Crippen LogP contribution is 2.32. The molecular weight excluding hydrogens is 334 g/mol. The maximum atomic E-state index is 13.4. The van der Waals surface area contributed by atoms with Gasteiger partial charge in [-0.25, -0.2) is 8.78 Å². The zero-order valence-corrected chi connectivity index (χ0v) is 13.0. The van der Waals surface area contributed by atoms with E-state index in [4.69, 9.17) is 9.47 Å². The summed E-state index contributed by atoms with van der Waals surface area (Å²) in [5.74, 6) is -2.28. The Hall–Kier alpha value is -3.16. The Kier molecular flexibility index (Phi) is 4.78. The van der Waals surface area contributed by atoms with Crippen molar-refractivity contribution < 1.29 is 27.8 Å². The molecule has 2 amide bonds. The number of hydrogen-bond acceptors (Lipinski definition) is 4. The van der Waals surface area contributed by atoms with E-state index in [9.17, 15) is 18.4 Å². The molecule has 1 heterocycles. The molecule has 0 spiro atoms. The molecule has 0 aliphatic carbocycles. The van der Waals surface area contributed by atoms with E-state index in [2.05, 4.69) is 5.32 Å². The Morgan fingerprint density at radius 2 is 1.80 bits per heavy atom. The monoisotopic (exact) mass is 348 g/mol. The number of anilines is 1. The Morgan fingerprint density at radius 3 is 2.64 bits per heavy atom. The second-order valence-electron chi connectivity index (χ2n) is 5.27. The number of rotatable bonds is 4. The lowest BCUT2D eigenvalue weighted by Gasteiger charge is -2.08. The summed E-state index contributed by atoms with van der Waals surface area (Å²) in [6.45, 7) is 0.365. The van der Waals surface area contributed by atoms with E-state index in [1.54, 1.807) is 12.1 Å². The van der Waals surface area contributed by atoms with Gasteiger partial charge < -0.3 is 20.1 Å². The maximum absolute atomic E-state index is 13.4. The number of ether oxygens (including phenoxy) is 2. The van der Waals surface area contributed by atoms with Crippen molar-refractivity contribution in [1.82, 2.24) is 5.32 Å². The van der Waals surface area contributed by atoms with Crippen LogP contribution in [-0.4, -0.2) is 25.2 Å². The standard InChI is InChI=1S/C17H14F2N2O4/c18-11-2-3-12(19)13(8-11)21-17(23)16(22)20-6-5-10-1-4-14-15(7-10)25-9-24-14/h1-4,7-8H,5-6,9H2,(H,20,22)(H,21,23). The molecule has 0 radical (unpaired) electrons. The molecule has 0 aromatic heterocycles. The van der Waals surface area contributed by atoms with Gasteiger partial charge in [-0.1, -0.05) is 6.07 Å². The second-order valence-corrected chi connectivity index (χ2v) is 5.27. The third-order valence-electron chi connectivity index (χ3n) is 3.52. The van der Waals surface area contributed by atoms with Crippen LogP contribution in [0.15, 0.2) is 36.4 Å². The van der Waals surface area contributed by atoms with Crippen molar-refractivity contribution in [3.05, 3.63) is 53.6 Å². The minimum atomic E-state index is -1.07. The molecule has 3 rings (SSSR count). The van der Waals surface area contributed by atoms with Gasteiger partial charge in [0.1, 0.15) is 11.6 Å². The molecule has 8 heteroatoms. The summed E-state index contributed by atoms with van der Waals surface area (Å²) in [4.78, 5) is 23.5. The molecule has 0 fully saturated rings. The second kappa shape index (κ2) is 7.16. The van der Waals surface area contributed by atoms with Gasteiger partial charge in [0, 0.05) is 12.6 Å². The highest BCUT2D eigenvalue weighted by atomic mass is 19.1. The molecule has 0 bridgehead atoms. The van der Waals surface area contributed by atoms with E-state index in [-0.39, 0.29) is 13.3 Å². The zero-order chi connectivity index (χ0) is 17.8. The average Bonchev–Trinajstić information content (AvgIpc) is 3.05. The van der Waals surface area contributed by atoms with Crippen molar-refractivity contribution in [2.75, 3.05) is 18.7 Å². The highest BCUT2D eigenvalue weighted by Gasteiger charge is 2.16. The molecule has 0 saturated carbocycles. The van der Waals surface area contributed by atoms with Crippen LogP contribution >= 0.6 is 0 Å². The van der Waals surface area contributed by atoms with Crippen LogP contribution in [0.5, 0.6) is 11.5 Å². The van der Waals surface area contributed by atoms with Crippen LogP contribution in [0.2, 0.25) is 0 Å². The van der Waals surface area contributed by atoms with E-state index in [1.807, 2.05) is 11.4 Å². The number of benzene rings is 2. The summed E-state index contributed by atoms with van der Waals surface area (Å²) in [5, 5.41) is 4.44. The van der Waals surface area contributed by atoms with Crippen LogP contribution in [0.25, 0.3) is 0 Å². The predicted molar refractivity (Wildman–Crippen MR) is 84.3 cm³/mol. The molecule has 25 heavy (non-hydrogen) atoms. The molecule has 2 aromatic rings. The van der Waals surface area contributed by atoms with Crippen molar-refractivity contribution in [2.45, 2.75) is 6.42 Å². The first-order valence-corrected chi connectivity index (χ1v) is 7.45. The summed E-state index contributed by atoms with van der Waals surface area (Å²) in [6.07, 6.45) is 0.462. The van der Waals surface area contributed by atoms with E-state index >= 15 is 0 Å². The van der Waals surface area contributed by atoms with Gasteiger partial charge in [0.2, 0.25) is 6.79 Å². The van der Waals surface area contributed by atoms with E-state index in [0.717, 1.165) is 23.8 Å². The fourth-order valence-electron chi connectivity index (χ4n) is 2.27. The van der Waals surface area contributed by atoms with Crippen molar-refractivity contribution in [1.29, 1.82) is 0 Å². The molecule has 2 N–H and O–H groups in total. The number of carbonyl (C=O) groups excluding carboxylic acids is 2. The quantitative estimate of drug-likeness (QED) is 0.829. The SMILES string of the molecule is O=C(NCCc1ccc2c(c1)OCO2)C(=O)Nc1cc(F)ccc1F. The molecule has 1 aliphatic heterocycles. The molecule has 0 saturated heterocycles. The summed E-state index contributed by atoms with van der Waals surface area (Å²) in [6, 6.07) is 7.95. The minimum absolute atomic E-state index is 0.173. The van der Waals surface area contributed by atoms with Gasteiger partial charge in [-0.15, -0.1) is 0 Å². The van der Waals surface area contributed by atoms with Gasteiger partial charge in [-0.05, 0) is 36.2 Å². The Labute approximate surface area is 141 Å². The average molecular weight is 348 g/mol. The van der Waals surface area contributed by atoms with Gasteiger partial charge >= 0.3 is 11.8 Å². The number of amides is 2. The number of nitrogens with one attached hydrogen (secondary N) is 2. The van der Waals surface area contributed by atoms with E-state index < -0.39 is 29.1 Å². The van der Waals surface area contributed by atoms with Gasteiger partial charge in [0.05, 0.1) is 5.69 Å². The normalized spacial score (nSPS) is 11.9. The van der Waals surface area contributed by atoms with Crippen LogP contribution in [0.4, 0.5) is 14.5 Å². The lowest BCUT2D eigenvalue weighted by Crippen LogP contribution is -2.36. The van der Waals surface area contributed by atoms with Crippen LogP contribution in [0, 0.1) is 11.6 Å². The van der Waals surface area contributed by atoms with E-state index in [1.165, 1.54) is 0 Å². The van der Waals surface area contributed by atoms with Gasteiger partial charge in [-0.3, -0.25) is 9.59 Å². The Balaban J connectivity index is 1.50. The van der Waals surface area contributed by atoms with Crippen LogP contribution in [0.1, 0.15) is 5.56 Å². The Bertz CT molecular complexity index is 826. The summed E-state index contributed by atoms with van der Waals surface area (Å²) in [7, 11) is 0. The fraction of sp³-hybridized carbons (Fsp3) is 0.176. The predicted octanol–water partition coefficient (Wildman–Crippen LogP) is 1.99. The third-order valence-corrected chi connectivity index (χ3v) is 3.52. The first-order valence-electron chi connectivity index (χ1n) is 7.45.